The maximum absolute atomic E-state index is 12.5. The van der Waals surface area contributed by atoms with Crippen LogP contribution in [0.5, 0.6) is 0 Å². The second kappa shape index (κ2) is 7.84. The predicted octanol–water partition coefficient (Wildman–Crippen LogP) is 6.47. The minimum atomic E-state index is -0.531. The number of nitrogens with one attached hydrogen (secondary N) is 1. The number of nitrogens with zero attached hydrogens (tertiary/aromatic N) is 1. The molecule has 0 atom stereocenters. The minimum Gasteiger partial charge on any atom is -0.456 e. The maximum Gasteiger partial charge on any atom is 0.338 e. The highest BCUT2D eigenvalue weighted by atomic mass is 79.9. The van der Waals surface area contributed by atoms with Crippen molar-refractivity contribution in [3.8, 4) is 0 Å². The van der Waals surface area contributed by atoms with Gasteiger partial charge in [0.2, 0.25) is 0 Å². The van der Waals surface area contributed by atoms with Crippen molar-refractivity contribution in [2.24, 2.45) is 4.99 Å². The molecule has 0 bridgehead atoms. The number of H-pyrrole nitrogens is 1. The van der Waals surface area contributed by atoms with Crippen LogP contribution in [0.2, 0.25) is 0 Å². The van der Waals surface area contributed by atoms with Gasteiger partial charge in [-0.15, -0.1) is 0 Å². The van der Waals surface area contributed by atoms with Gasteiger partial charge in [0.25, 0.3) is 0 Å². The Morgan fingerprint density at radius 2 is 1.71 bits per heavy atom. The van der Waals surface area contributed by atoms with Crippen LogP contribution in [0.25, 0.3) is 5.57 Å². The zero-order valence-corrected chi connectivity index (χ0v) is 19.7. The number of carbonyl (C=O) groups is 1. The summed E-state index contributed by atoms with van der Waals surface area (Å²) in [5.74, 6) is -0.316. The SMILES string of the molecule is Cc1cc(C(=O)OC(C)(C)C)cc(C)c1/C(=C1\C=CC(Br)=N1)c1ccc(Br)[nH]1. The summed E-state index contributed by atoms with van der Waals surface area (Å²) < 4.78 is 7.21. The average Bonchev–Trinajstić information content (AvgIpc) is 3.17. The maximum atomic E-state index is 12.5. The van der Waals surface area contributed by atoms with Gasteiger partial charge in [-0.05, 0) is 120 Å². The zero-order valence-electron chi connectivity index (χ0n) is 16.5. The van der Waals surface area contributed by atoms with Gasteiger partial charge in [0, 0.05) is 11.3 Å². The zero-order chi connectivity index (χ0) is 20.6. The van der Waals surface area contributed by atoms with Gasteiger partial charge in [-0.3, -0.25) is 0 Å². The topological polar surface area (TPSA) is 54.4 Å². The number of aromatic amines is 1. The number of carbonyl (C=O) groups excluding carboxylic acids is 1. The summed E-state index contributed by atoms with van der Waals surface area (Å²) in [5, 5.41) is 0. The molecular formula is C22H22Br2N2O2. The summed E-state index contributed by atoms with van der Waals surface area (Å²) >= 11 is 6.93. The van der Waals surface area contributed by atoms with Crippen molar-refractivity contribution >= 4 is 48.0 Å². The van der Waals surface area contributed by atoms with Crippen molar-refractivity contribution in [2.75, 3.05) is 0 Å². The molecule has 146 valence electrons. The molecule has 1 aromatic heterocycles. The van der Waals surface area contributed by atoms with Crippen molar-refractivity contribution in [1.29, 1.82) is 0 Å². The molecule has 6 heteroatoms. The normalized spacial score (nSPS) is 15.6. The number of aromatic nitrogens is 1. The Balaban J connectivity index is 2.15. The van der Waals surface area contributed by atoms with Crippen molar-refractivity contribution in [2.45, 2.75) is 40.2 Å². The van der Waals surface area contributed by atoms with Crippen molar-refractivity contribution in [1.82, 2.24) is 4.98 Å². The fourth-order valence-electron chi connectivity index (χ4n) is 3.20. The number of allylic oxidation sites excluding steroid dienone is 2. The molecule has 0 fully saturated rings. The summed E-state index contributed by atoms with van der Waals surface area (Å²) in [6.07, 6.45) is 3.90. The number of ether oxygens (including phenoxy) is 1. The monoisotopic (exact) mass is 504 g/mol. The van der Waals surface area contributed by atoms with Gasteiger partial charge in [-0.2, -0.15) is 0 Å². The predicted molar refractivity (Wildman–Crippen MR) is 121 cm³/mol. The Hall–Kier alpha value is -1.92. The van der Waals surface area contributed by atoms with Crippen LogP contribution in [-0.4, -0.2) is 21.2 Å². The molecule has 1 aliphatic rings. The largest absolute Gasteiger partial charge is 0.456 e. The van der Waals surface area contributed by atoms with Crippen LogP contribution < -0.4 is 0 Å². The molecule has 0 spiro atoms. The Morgan fingerprint density at radius 3 is 2.18 bits per heavy atom. The van der Waals surface area contributed by atoms with E-state index in [4.69, 9.17) is 4.74 Å². The number of halogens is 2. The minimum absolute atomic E-state index is 0.316. The van der Waals surface area contributed by atoms with Crippen LogP contribution in [0, 0.1) is 13.8 Å². The molecule has 0 radical (unpaired) electrons. The van der Waals surface area contributed by atoms with E-state index in [9.17, 15) is 4.79 Å². The van der Waals surface area contributed by atoms with Crippen molar-refractivity contribution < 1.29 is 9.53 Å². The van der Waals surface area contributed by atoms with E-state index in [0.29, 0.717) is 5.56 Å². The number of esters is 1. The molecule has 1 aromatic carbocycles. The van der Waals surface area contributed by atoms with E-state index in [2.05, 4.69) is 41.8 Å². The van der Waals surface area contributed by atoms with Crippen LogP contribution in [0.15, 0.2) is 51.7 Å². The molecule has 1 N–H and O–H groups in total. The summed E-state index contributed by atoms with van der Waals surface area (Å²) in [6, 6.07) is 7.74. The third-order valence-electron chi connectivity index (χ3n) is 4.20. The molecule has 0 unspecified atom stereocenters. The lowest BCUT2D eigenvalue weighted by atomic mass is 9.90. The number of aryl methyl sites for hydroxylation is 2. The van der Waals surface area contributed by atoms with E-state index in [1.165, 1.54) is 0 Å². The molecule has 0 aliphatic carbocycles. The first-order chi connectivity index (χ1) is 13.0. The van der Waals surface area contributed by atoms with E-state index in [1.807, 2.05) is 71.0 Å². The second-order valence-electron chi connectivity index (χ2n) is 7.73. The fraction of sp³-hybridized carbons (Fsp3) is 0.273. The molecular weight excluding hydrogens is 484 g/mol. The molecule has 3 rings (SSSR count). The van der Waals surface area contributed by atoms with Crippen molar-refractivity contribution in [3.63, 3.8) is 0 Å². The van der Waals surface area contributed by atoms with Crippen molar-refractivity contribution in [3.05, 3.63) is 74.7 Å². The molecule has 0 saturated heterocycles. The van der Waals surface area contributed by atoms with Gasteiger partial charge in [-0.1, -0.05) is 0 Å². The molecule has 4 nitrogen and oxygen atoms in total. The lowest BCUT2D eigenvalue weighted by molar-refractivity contribution is 0.00693. The van der Waals surface area contributed by atoms with E-state index in [1.54, 1.807) is 0 Å². The van der Waals surface area contributed by atoms with Crippen LogP contribution in [-0.2, 0) is 4.74 Å². The third kappa shape index (κ3) is 4.55. The second-order valence-corrected chi connectivity index (χ2v) is 9.40. The molecule has 1 aliphatic heterocycles. The van der Waals surface area contributed by atoms with Gasteiger partial charge in [0.05, 0.1) is 15.9 Å². The number of benzene rings is 1. The highest BCUT2D eigenvalue weighted by molar-refractivity contribution is 9.18. The number of aliphatic imine (C=N–C) groups is 1. The van der Waals surface area contributed by atoms with Crippen LogP contribution in [0.4, 0.5) is 0 Å². The molecule has 2 aromatic rings. The Kier molecular flexibility index (Phi) is 5.82. The van der Waals surface area contributed by atoms with E-state index in [0.717, 1.165) is 42.9 Å². The van der Waals surface area contributed by atoms with Crippen LogP contribution in [0.3, 0.4) is 0 Å². The molecule has 0 amide bonds. The van der Waals surface area contributed by atoms with Crippen LogP contribution >= 0.6 is 31.9 Å². The van der Waals surface area contributed by atoms with Gasteiger partial charge >= 0.3 is 5.97 Å². The number of hydrogen-bond donors (Lipinski definition) is 1. The highest BCUT2D eigenvalue weighted by Crippen LogP contribution is 2.35. The first-order valence-electron chi connectivity index (χ1n) is 8.91. The number of hydrogen-bond acceptors (Lipinski definition) is 3. The molecule has 28 heavy (non-hydrogen) atoms. The highest BCUT2D eigenvalue weighted by Gasteiger charge is 2.22. The van der Waals surface area contributed by atoms with Gasteiger partial charge in [0.15, 0.2) is 0 Å². The average molecular weight is 506 g/mol. The summed E-state index contributed by atoms with van der Waals surface area (Å²) in [6.45, 7) is 9.62. The van der Waals surface area contributed by atoms with E-state index < -0.39 is 5.60 Å². The number of rotatable bonds is 3. The van der Waals surface area contributed by atoms with E-state index >= 15 is 0 Å². The Bertz CT molecular complexity index is 1010. The summed E-state index contributed by atoms with van der Waals surface area (Å²) in [4.78, 5) is 20.5. The standard InChI is InChI=1S/C22H22Br2N2O2/c1-12-10-14(21(27)28-22(3,4)5)11-13(2)19(12)20(15-6-8-17(23)25-15)16-7-9-18(24)26-16/h6-11,25H,1-5H3/b20-16+. The molecule has 0 saturated carbocycles. The fourth-order valence-corrected chi connectivity index (χ4v) is 3.87. The first-order valence-corrected chi connectivity index (χ1v) is 10.5. The molecule has 2 heterocycles. The van der Waals surface area contributed by atoms with Crippen LogP contribution in [0.1, 0.15) is 53.5 Å². The third-order valence-corrected chi connectivity index (χ3v) is 5.10. The summed E-state index contributed by atoms with van der Waals surface area (Å²) in [5.41, 5.74) is 5.84. The quantitative estimate of drug-likeness (QED) is 0.486. The van der Waals surface area contributed by atoms with E-state index in [-0.39, 0.29) is 5.97 Å². The van der Waals surface area contributed by atoms with Gasteiger partial charge < -0.3 is 9.72 Å². The lowest BCUT2D eigenvalue weighted by Gasteiger charge is -2.21. The smallest absolute Gasteiger partial charge is 0.338 e. The van der Waals surface area contributed by atoms with Gasteiger partial charge in [0.1, 0.15) is 10.2 Å². The Morgan fingerprint density at radius 1 is 1.07 bits per heavy atom. The Labute approximate surface area is 182 Å². The van der Waals surface area contributed by atoms with Gasteiger partial charge in [-0.25, -0.2) is 9.79 Å². The first kappa shape index (κ1) is 20.8. The lowest BCUT2D eigenvalue weighted by Crippen LogP contribution is -2.24. The summed E-state index contributed by atoms with van der Waals surface area (Å²) in [7, 11) is 0.